The summed E-state index contributed by atoms with van der Waals surface area (Å²) in [6, 6.07) is 22.0. The number of rotatable bonds is 6. The normalized spacial score (nSPS) is 19.9. The van der Waals surface area contributed by atoms with Gasteiger partial charge in [-0.05, 0) is 22.3 Å². The Balaban J connectivity index is 1.43. The minimum absolute atomic E-state index is 0.0327. The van der Waals surface area contributed by atoms with Crippen molar-refractivity contribution in [3.05, 3.63) is 107 Å². The maximum atomic E-state index is 13.3. The first-order chi connectivity index (χ1) is 18.3. The van der Waals surface area contributed by atoms with E-state index < -0.39 is 47.5 Å². The second-order valence-corrected chi connectivity index (χ2v) is 8.94. The van der Waals surface area contributed by atoms with Gasteiger partial charge in [-0.2, -0.15) is 0 Å². The van der Waals surface area contributed by atoms with Crippen molar-refractivity contribution in [2.75, 3.05) is 0 Å². The fourth-order valence-electron chi connectivity index (χ4n) is 4.56. The Bertz CT molecular complexity index is 1350. The molecule has 2 heterocycles. The summed E-state index contributed by atoms with van der Waals surface area (Å²) in [5.74, 6) is -5.77. The third-order valence-electron chi connectivity index (χ3n) is 6.45. The van der Waals surface area contributed by atoms with Crippen molar-refractivity contribution in [3.8, 4) is 0 Å². The summed E-state index contributed by atoms with van der Waals surface area (Å²) in [7, 11) is 0. The summed E-state index contributed by atoms with van der Waals surface area (Å²) in [6.07, 6.45) is 0. The Labute approximate surface area is 217 Å². The zero-order valence-corrected chi connectivity index (χ0v) is 20.0. The molecule has 0 aromatic heterocycles. The van der Waals surface area contributed by atoms with Crippen LogP contribution in [0.15, 0.2) is 84.9 Å². The molecule has 38 heavy (non-hydrogen) atoms. The maximum Gasteiger partial charge on any atom is 0.331 e. The maximum absolute atomic E-state index is 13.3. The zero-order valence-electron chi connectivity index (χ0n) is 20.0. The van der Waals surface area contributed by atoms with Crippen molar-refractivity contribution in [2.45, 2.75) is 24.9 Å². The Morgan fingerprint density at radius 2 is 0.921 bits per heavy atom. The molecule has 2 unspecified atom stereocenters. The van der Waals surface area contributed by atoms with Gasteiger partial charge in [-0.25, -0.2) is 9.59 Å². The molecule has 10 nitrogen and oxygen atoms in total. The molecule has 3 aromatic rings. The van der Waals surface area contributed by atoms with Gasteiger partial charge in [0.25, 0.3) is 0 Å². The number of hydrogen-bond donors (Lipinski definition) is 2. The lowest BCUT2D eigenvalue weighted by atomic mass is 9.88. The molecule has 2 atom stereocenters. The van der Waals surface area contributed by atoms with E-state index in [1.807, 2.05) is 0 Å². The Kier molecular flexibility index (Phi) is 6.53. The number of hydrogen-bond acceptors (Lipinski definition) is 6. The quantitative estimate of drug-likeness (QED) is 0.490. The first-order valence-corrected chi connectivity index (χ1v) is 11.8. The molecule has 8 amide bonds. The molecule has 0 bridgehead atoms. The first kappa shape index (κ1) is 24.6. The molecular weight excluding hydrogens is 488 g/mol. The van der Waals surface area contributed by atoms with E-state index in [1.165, 1.54) is 24.3 Å². The molecule has 0 saturated carbocycles. The molecule has 0 spiro atoms. The topological polar surface area (TPSA) is 133 Å². The largest absolute Gasteiger partial charge is 0.331 e. The second-order valence-electron chi connectivity index (χ2n) is 8.94. The Morgan fingerprint density at radius 3 is 1.32 bits per heavy atom. The predicted octanol–water partition coefficient (Wildman–Crippen LogP) is 2.41. The molecular formula is C28H22N4O6. The highest BCUT2D eigenvalue weighted by Crippen LogP contribution is 2.29. The highest BCUT2D eigenvalue weighted by molar-refractivity contribution is 6.20. The smallest absolute Gasteiger partial charge is 0.277 e. The van der Waals surface area contributed by atoms with Crippen LogP contribution >= 0.6 is 0 Å². The number of benzene rings is 3. The number of imide groups is 4. The number of nitrogens with zero attached hydrogens (tertiary/aromatic N) is 2. The van der Waals surface area contributed by atoms with Gasteiger partial charge in [0.15, 0.2) is 0 Å². The van der Waals surface area contributed by atoms with E-state index in [-0.39, 0.29) is 24.2 Å². The number of nitrogens with one attached hydrogen (secondary N) is 2. The number of carbonyl (C=O) groups excluding carboxylic acids is 6. The highest BCUT2D eigenvalue weighted by Gasteiger charge is 2.44. The average Bonchev–Trinajstić information content (AvgIpc) is 2.90. The molecule has 190 valence electrons. The number of barbiturate groups is 2. The minimum Gasteiger partial charge on any atom is -0.277 e. The summed E-state index contributed by atoms with van der Waals surface area (Å²) in [6.45, 7) is -0.0654. The van der Waals surface area contributed by atoms with E-state index in [0.717, 1.165) is 9.80 Å². The van der Waals surface area contributed by atoms with Crippen LogP contribution in [-0.2, 0) is 32.3 Å². The highest BCUT2D eigenvalue weighted by atomic mass is 16.2. The lowest BCUT2D eigenvalue weighted by Gasteiger charge is -2.32. The third kappa shape index (κ3) is 4.66. The van der Waals surface area contributed by atoms with Gasteiger partial charge < -0.3 is 0 Å². The van der Waals surface area contributed by atoms with Crippen LogP contribution in [0.1, 0.15) is 34.1 Å². The molecule has 2 aliphatic heterocycles. The predicted molar refractivity (Wildman–Crippen MR) is 133 cm³/mol. The summed E-state index contributed by atoms with van der Waals surface area (Å²) in [5, 5.41) is 4.43. The van der Waals surface area contributed by atoms with Crippen LogP contribution in [-0.4, -0.2) is 45.5 Å². The van der Waals surface area contributed by atoms with Crippen molar-refractivity contribution in [2.24, 2.45) is 0 Å². The standard InChI is InChI=1S/C28H22N4O6/c33-23-21(25(35)31(27(37)29-23)15-17-8-3-1-4-9-17)19-12-7-13-20(14-19)22-24(34)30-28(38)32(26(22)36)16-18-10-5-2-6-11-18/h1-14,21-22H,15-16H2,(H,29,33,37)(H,30,34,38). The van der Waals surface area contributed by atoms with Crippen molar-refractivity contribution in [1.82, 2.24) is 20.4 Å². The lowest BCUT2D eigenvalue weighted by molar-refractivity contribution is -0.140. The van der Waals surface area contributed by atoms with Gasteiger partial charge in [0.2, 0.25) is 23.6 Å². The molecule has 0 radical (unpaired) electrons. The van der Waals surface area contributed by atoms with E-state index >= 15 is 0 Å². The zero-order chi connectivity index (χ0) is 26.8. The van der Waals surface area contributed by atoms with Gasteiger partial charge in [-0.3, -0.25) is 39.6 Å². The van der Waals surface area contributed by atoms with Crippen LogP contribution in [0.4, 0.5) is 9.59 Å². The monoisotopic (exact) mass is 510 g/mol. The van der Waals surface area contributed by atoms with Crippen LogP contribution < -0.4 is 10.6 Å². The van der Waals surface area contributed by atoms with Gasteiger partial charge in [0, 0.05) is 0 Å². The Morgan fingerprint density at radius 1 is 0.526 bits per heavy atom. The summed E-state index contributed by atoms with van der Waals surface area (Å²) >= 11 is 0. The minimum atomic E-state index is -1.36. The van der Waals surface area contributed by atoms with E-state index in [4.69, 9.17) is 0 Å². The van der Waals surface area contributed by atoms with E-state index in [1.54, 1.807) is 60.7 Å². The Hall–Kier alpha value is -5.12. The van der Waals surface area contributed by atoms with Gasteiger partial charge in [0.1, 0.15) is 11.8 Å². The molecule has 2 aliphatic rings. The molecule has 5 rings (SSSR count). The second kappa shape index (κ2) is 10.1. The summed E-state index contributed by atoms with van der Waals surface area (Å²) in [5.41, 5.74) is 1.82. The molecule has 3 aromatic carbocycles. The van der Waals surface area contributed by atoms with Gasteiger partial charge >= 0.3 is 12.1 Å². The molecule has 2 saturated heterocycles. The molecule has 10 heteroatoms. The number of amides is 8. The third-order valence-corrected chi connectivity index (χ3v) is 6.45. The van der Waals surface area contributed by atoms with E-state index in [9.17, 15) is 28.8 Å². The van der Waals surface area contributed by atoms with Crippen molar-refractivity contribution in [3.63, 3.8) is 0 Å². The SMILES string of the molecule is O=C1NC(=O)N(Cc2ccccc2)C(=O)C1c1cccc(C2C(=O)NC(=O)N(Cc3ccccc3)C2=O)c1. The van der Waals surface area contributed by atoms with Crippen LogP contribution in [0.5, 0.6) is 0 Å². The summed E-state index contributed by atoms with van der Waals surface area (Å²) < 4.78 is 0. The van der Waals surface area contributed by atoms with Crippen LogP contribution in [0.2, 0.25) is 0 Å². The van der Waals surface area contributed by atoms with Crippen molar-refractivity contribution >= 4 is 35.7 Å². The number of carbonyl (C=O) groups is 6. The fraction of sp³-hybridized carbons (Fsp3) is 0.143. The number of urea groups is 2. The van der Waals surface area contributed by atoms with Crippen molar-refractivity contribution in [1.29, 1.82) is 0 Å². The van der Waals surface area contributed by atoms with Crippen LogP contribution in [0.25, 0.3) is 0 Å². The fourth-order valence-corrected chi connectivity index (χ4v) is 4.56. The molecule has 2 fully saturated rings. The lowest BCUT2D eigenvalue weighted by Crippen LogP contribution is -2.56. The average molecular weight is 511 g/mol. The van der Waals surface area contributed by atoms with Crippen LogP contribution in [0.3, 0.4) is 0 Å². The van der Waals surface area contributed by atoms with Crippen LogP contribution in [0, 0.1) is 0 Å². The molecule has 2 N–H and O–H groups in total. The van der Waals surface area contributed by atoms with Gasteiger partial charge in [0.05, 0.1) is 13.1 Å². The first-order valence-electron chi connectivity index (χ1n) is 11.8. The van der Waals surface area contributed by atoms with Gasteiger partial charge in [-0.1, -0.05) is 84.9 Å². The molecule has 0 aliphatic carbocycles. The van der Waals surface area contributed by atoms with Crippen molar-refractivity contribution < 1.29 is 28.8 Å². The van der Waals surface area contributed by atoms with Gasteiger partial charge in [-0.15, -0.1) is 0 Å². The van der Waals surface area contributed by atoms with E-state index in [2.05, 4.69) is 10.6 Å². The summed E-state index contributed by atoms with van der Waals surface area (Å²) in [4.78, 5) is 78.9. The van der Waals surface area contributed by atoms with E-state index in [0.29, 0.717) is 11.1 Å².